The number of hydrogen-bond acceptors (Lipinski definition) is 4. The second-order valence-corrected chi connectivity index (χ2v) is 5.88. The zero-order chi connectivity index (χ0) is 19.2. The zero-order valence-electron chi connectivity index (χ0n) is 15.7. The molecule has 6 heteroatoms. The molecule has 0 aromatic rings. The molecule has 0 spiro atoms. The molecular weight excluding hydrogens is 312 g/mol. The number of aliphatic hydroxyl groups excluding tert-OH is 2. The summed E-state index contributed by atoms with van der Waals surface area (Å²) in [5.41, 5.74) is 0. The van der Waals surface area contributed by atoms with E-state index in [1.54, 1.807) is 6.92 Å². The van der Waals surface area contributed by atoms with Gasteiger partial charge in [0.15, 0.2) is 0 Å². The molecule has 0 bridgehead atoms. The second kappa shape index (κ2) is 24.1. The van der Waals surface area contributed by atoms with E-state index in [1.807, 2.05) is 0 Å². The van der Waals surface area contributed by atoms with Crippen LogP contribution in [0, 0.1) is 5.92 Å². The summed E-state index contributed by atoms with van der Waals surface area (Å²) in [6, 6.07) is 0. The Hall–Kier alpha value is -1.14. The van der Waals surface area contributed by atoms with Crippen LogP contribution in [0.5, 0.6) is 0 Å². The van der Waals surface area contributed by atoms with Crippen molar-refractivity contribution >= 4 is 11.9 Å². The summed E-state index contributed by atoms with van der Waals surface area (Å²) in [6.07, 6.45) is 9.11. The minimum absolute atomic E-state index is 0.0463. The van der Waals surface area contributed by atoms with E-state index in [9.17, 15) is 9.59 Å². The molecule has 24 heavy (non-hydrogen) atoms. The predicted octanol–water partition coefficient (Wildman–Crippen LogP) is 3.69. The maximum Gasteiger partial charge on any atom is 0.303 e. The van der Waals surface area contributed by atoms with Crippen LogP contribution in [0.3, 0.4) is 0 Å². The third-order valence-corrected chi connectivity index (χ3v) is 3.11. The van der Waals surface area contributed by atoms with Crippen molar-refractivity contribution in [1.82, 2.24) is 0 Å². The molecule has 0 saturated heterocycles. The number of rotatable bonds is 12. The molecule has 0 amide bonds. The Morgan fingerprint density at radius 3 is 1.21 bits per heavy atom. The first-order chi connectivity index (χ1) is 11.3. The summed E-state index contributed by atoms with van der Waals surface area (Å²) in [7, 11) is 0. The SMILES string of the molecule is CC(CO)CO.CCCCCCC(=O)O.CCCCCCC(=O)O. The summed E-state index contributed by atoms with van der Waals surface area (Å²) in [4.78, 5) is 19.9. The van der Waals surface area contributed by atoms with Crippen molar-refractivity contribution in [3.63, 3.8) is 0 Å². The third-order valence-electron chi connectivity index (χ3n) is 3.11. The molecular formula is C18H38O6. The second-order valence-electron chi connectivity index (χ2n) is 5.88. The molecule has 0 radical (unpaired) electrons. The molecule has 0 fully saturated rings. The quantitative estimate of drug-likeness (QED) is 0.399. The summed E-state index contributed by atoms with van der Waals surface area (Å²) in [5.74, 6) is -1.30. The Labute approximate surface area is 146 Å². The molecule has 0 heterocycles. The molecule has 0 unspecified atom stereocenters. The van der Waals surface area contributed by atoms with Gasteiger partial charge < -0.3 is 20.4 Å². The highest BCUT2D eigenvalue weighted by atomic mass is 16.4. The maximum atomic E-state index is 9.96. The van der Waals surface area contributed by atoms with Gasteiger partial charge in [0.1, 0.15) is 0 Å². The van der Waals surface area contributed by atoms with Crippen molar-refractivity contribution in [2.24, 2.45) is 5.92 Å². The predicted molar refractivity (Wildman–Crippen MR) is 96.1 cm³/mol. The largest absolute Gasteiger partial charge is 0.481 e. The fourth-order valence-corrected chi connectivity index (χ4v) is 1.46. The molecule has 0 atom stereocenters. The highest BCUT2D eigenvalue weighted by molar-refractivity contribution is 5.66. The number of unbranched alkanes of at least 4 members (excludes halogenated alkanes) is 6. The van der Waals surface area contributed by atoms with Crippen molar-refractivity contribution in [2.75, 3.05) is 13.2 Å². The first kappa shape index (κ1) is 27.7. The molecule has 146 valence electrons. The average molecular weight is 350 g/mol. The minimum atomic E-state index is -0.675. The lowest BCUT2D eigenvalue weighted by Gasteiger charge is -1.97. The number of carboxylic acid groups (broad SMARTS) is 2. The van der Waals surface area contributed by atoms with Gasteiger partial charge in [-0.15, -0.1) is 0 Å². The average Bonchev–Trinajstić information content (AvgIpc) is 2.55. The Kier molecular flexibility index (Phi) is 27.8. The molecule has 0 aromatic heterocycles. The van der Waals surface area contributed by atoms with Gasteiger partial charge in [-0.25, -0.2) is 0 Å². The lowest BCUT2D eigenvalue weighted by Crippen LogP contribution is -2.04. The summed E-state index contributed by atoms with van der Waals surface area (Å²) in [5, 5.41) is 32.8. The van der Waals surface area contributed by atoms with Crippen LogP contribution in [0.1, 0.15) is 85.0 Å². The van der Waals surface area contributed by atoms with Crippen LogP contribution in [-0.4, -0.2) is 45.6 Å². The molecule has 0 aliphatic rings. The van der Waals surface area contributed by atoms with Crippen molar-refractivity contribution < 1.29 is 30.0 Å². The van der Waals surface area contributed by atoms with Crippen molar-refractivity contribution in [2.45, 2.75) is 85.0 Å². The number of aliphatic hydroxyl groups is 2. The number of carboxylic acids is 2. The fourth-order valence-electron chi connectivity index (χ4n) is 1.46. The van der Waals surface area contributed by atoms with Crippen LogP contribution in [0.25, 0.3) is 0 Å². The summed E-state index contributed by atoms with van der Waals surface area (Å²) >= 11 is 0. The summed E-state index contributed by atoms with van der Waals surface area (Å²) < 4.78 is 0. The molecule has 0 aliphatic heterocycles. The van der Waals surface area contributed by atoms with E-state index in [2.05, 4.69) is 13.8 Å². The number of hydrogen-bond donors (Lipinski definition) is 4. The lowest BCUT2D eigenvalue weighted by atomic mass is 10.2. The molecule has 4 N–H and O–H groups in total. The Morgan fingerprint density at radius 2 is 1.04 bits per heavy atom. The van der Waals surface area contributed by atoms with E-state index in [0.717, 1.165) is 38.5 Å². The fraction of sp³-hybridized carbons (Fsp3) is 0.889. The standard InChI is InChI=1S/2C7H14O2.C4H10O2/c2*1-2-3-4-5-6-7(8)9;1-4(2-5)3-6/h2*2-6H2,1H3,(H,8,9);4-6H,2-3H2,1H3. The molecule has 0 aliphatic carbocycles. The topological polar surface area (TPSA) is 115 Å². The Bertz CT molecular complexity index is 242. The van der Waals surface area contributed by atoms with E-state index in [-0.39, 0.29) is 19.1 Å². The highest BCUT2D eigenvalue weighted by Crippen LogP contribution is 2.01. The molecule has 0 rings (SSSR count). The third kappa shape index (κ3) is 37.3. The maximum absolute atomic E-state index is 9.96. The van der Waals surface area contributed by atoms with E-state index in [0.29, 0.717) is 12.8 Å². The van der Waals surface area contributed by atoms with E-state index < -0.39 is 11.9 Å². The van der Waals surface area contributed by atoms with Crippen LogP contribution in [-0.2, 0) is 9.59 Å². The monoisotopic (exact) mass is 350 g/mol. The van der Waals surface area contributed by atoms with Crippen molar-refractivity contribution in [1.29, 1.82) is 0 Å². The van der Waals surface area contributed by atoms with Gasteiger partial charge in [-0.05, 0) is 12.8 Å². The highest BCUT2D eigenvalue weighted by Gasteiger charge is 1.94. The van der Waals surface area contributed by atoms with Gasteiger partial charge in [-0.2, -0.15) is 0 Å². The van der Waals surface area contributed by atoms with Crippen molar-refractivity contribution in [3.05, 3.63) is 0 Å². The molecule has 6 nitrogen and oxygen atoms in total. The van der Waals surface area contributed by atoms with E-state index in [1.165, 1.54) is 12.8 Å². The first-order valence-electron chi connectivity index (χ1n) is 9.00. The van der Waals surface area contributed by atoms with Crippen LogP contribution >= 0.6 is 0 Å². The van der Waals surface area contributed by atoms with Gasteiger partial charge in [0.05, 0.1) is 0 Å². The molecule has 0 aromatic carbocycles. The number of carbonyl (C=O) groups is 2. The van der Waals surface area contributed by atoms with Crippen LogP contribution in [0.4, 0.5) is 0 Å². The van der Waals surface area contributed by atoms with Crippen LogP contribution < -0.4 is 0 Å². The minimum Gasteiger partial charge on any atom is -0.481 e. The van der Waals surface area contributed by atoms with Gasteiger partial charge in [-0.1, -0.05) is 59.3 Å². The van der Waals surface area contributed by atoms with Crippen LogP contribution in [0.2, 0.25) is 0 Å². The lowest BCUT2D eigenvalue weighted by molar-refractivity contribution is -0.138. The Morgan fingerprint density at radius 1 is 0.708 bits per heavy atom. The van der Waals surface area contributed by atoms with Gasteiger partial charge >= 0.3 is 11.9 Å². The van der Waals surface area contributed by atoms with Crippen molar-refractivity contribution in [3.8, 4) is 0 Å². The zero-order valence-corrected chi connectivity index (χ0v) is 15.7. The van der Waals surface area contributed by atoms with Gasteiger partial charge in [0.25, 0.3) is 0 Å². The first-order valence-corrected chi connectivity index (χ1v) is 9.00. The smallest absolute Gasteiger partial charge is 0.303 e. The normalized spacial score (nSPS) is 9.58. The Balaban J connectivity index is -0.000000282. The number of aliphatic carboxylic acids is 2. The van der Waals surface area contributed by atoms with Gasteiger partial charge in [0, 0.05) is 32.0 Å². The van der Waals surface area contributed by atoms with E-state index in [4.69, 9.17) is 20.4 Å². The van der Waals surface area contributed by atoms with E-state index >= 15 is 0 Å². The summed E-state index contributed by atoms with van der Waals surface area (Å²) in [6.45, 7) is 6.16. The van der Waals surface area contributed by atoms with Gasteiger partial charge in [0.2, 0.25) is 0 Å². The molecule has 0 saturated carbocycles. The van der Waals surface area contributed by atoms with Crippen LogP contribution in [0.15, 0.2) is 0 Å². The van der Waals surface area contributed by atoms with Gasteiger partial charge in [-0.3, -0.25) is 9.59 Å².